The normalized spacial score (nSPS) is 13.2. The van der Waals surface area contributed by atoms with Crippen molar-refractivity contribution < 1.29 is 4.42 Å². The minimum atomic E-state index is -0.0849. The van der Waals surface area contributed by atoms with Gasteiger partial charge in [-0.1, -0.05) is 129 Å². The zero-order valence-corrected chi connectivity index (χ0v) is 34.5. The van der Waals surface area contributed by atoms with Crippen molar-refractivity contribution in [2.75, 3.05) is 4.90 Å². The van der Waals surface area contributed by atoms with E-state index in [-0.39, 0.29) is 5.41 Å². The Kier molecular flexibility index (Phi) is 7.23. The third-order valence-electron chi connectivity index (χ3n) is 13.2. The SMILES string of the molecule is CC1(C)c2ccccc2-c2cc3c4cc(-c5ccc(N(c6ccc7c(c6)sc6ccccc67)c6cccc7c6oc6ccccc67)cc5)ccc4n(-c4ccccc4)c3cc21. The molecule has 0 radical (unpaired) electrons. The van der Waals surface area contributed by atoms with Crippen molar-refractivity contribution in [1.82, 2.24) is 4.57 Å². The maximum atomic E-state index is 6.66. The first-order chi connectivity index (χ1) is 30.0. The van der Waals surface area contributed by atoms with Crippen molar-refractivity contribution in [3.8, 4) is 27.9 Å². The molecular weight excluding hydrogens is 761 g/mol. The van der Waals surface area contributed by atoms with Crippen LogP contribution in [0.1, 0.15) is 25.0 Å². The second kappa shape index (κ2) is 12.8. The van der Waals surface area contributed by atoms with Gasteiger partial charge in [0.05, 0.1) is 16.7 Å². The van der Waals surface area contributed by atoms with Crippen LogP contribution in [0.2, 0.25) is 0 Å². The quantitative estimate of drug-likeness (QED) is 0.173. The molecular formula is C57H38N2OS. The van der Waals surface area contributed by atoms with Gasteiger partial charge in [-0.3, -0.25) is 0 Å². The minimum Gasteiger partial charge on any atom is -0.454 e. The highest BCUT2D eigenvalue weighted by Gasteiger charge is 2.36. The molecule has 61 heavy (non-hydrogen) atoms. The first kappa shape index (κ1) is 34.5. The fourth-order valence-electron chi connectivity index (χ4n) is 10.2. The number of anilines is 3. The lowest BCUT2D eigenvalue weighted by atomic mass is 9.82. The molecule has 0 saturated heterocycles. The van der Waals surface area contributed by atoms with Gasteiger partial charge in [-0.15, -0.1) is 11.3 Å². The van der Waals surface area contributed by atoms with Crippen LogP contribution in [0.4, 0.5) is 17.1 Å². The number of hydrogen-bond donors (Lipinski definition) is 0. The van der Waals surface area contributed by atoms with Gasteiger partial charge in [0, 0.05) is 64.2 Å². The number of aromatic nitrogens is 1. The standard InChI is InChI=1S/C57H38N2OS/c1-57(2)48-19-9-6-15-40(48)45-33-47-46-31-36(25-30-50(46)59(52(47)34-49(45)57)37-13-4-3-5-14-37)35-23-26-38(27-24-35)58(39-28-29-43-42-17-8-11-22-54(42)61-55(43)32-39)51-20-12-18-44-41-16-7-10-21-53(41)60-56(44)51/h3-34H,1-2H3. The molecule has 0 saturated carbocycles. The fourth-order valence-corrected chi connectivity index (χ4v) is 11.4. The molecule has 0 spiro atoms. The Hall–Kier alpha value is -7.40. The van der Waals surface area contributed by atoms with Crippen LogP contribution in [-0.2, 0) is 5.41 Å². The van der Waals surface area contributed by atoms with Gasteiger partial charge >= 0.3 is 0 Å². The van der Waals surface area contributed by atoms with Gasteiger partial charge in [0.15, 0.2) is 5.58 Å². The van der Waals surface area contributed by atoms with E-state index in [0.29, 0.717) is 0 Å². The van der Waals surface area contributed by atoms with Crippen molar-refractivity contribution in [3.63, 3.8) is 0 Å². The molecule has 0 amide bonds. The molecule has 0 bridgehead atoms. The third kappa shape index (κ3) is 5.03. The molecule has 3 nitrogen and oxygen atoms in total. The monoisotopic (exact) mass is 798 g/mol. The molecule has 0 atom stereocenters. The highest BCUT2D eigenvalue weighted by molar-refractivity contribution is 7.25. The smallest absolute Gasteiger partial charge is 0.159 e. The molecule has 9 aromatic carbocycles. The van der Waals surface area contributed by atoms with Crippen LogP contribution in [-0.4, -0.2) is 4.57 Å². The first-order valence-corrected chi connectivity index (χ1v) is 21.8. The Morgan fingerprint density at radius 2 is 1.16 bits per heavy atom. The van der Waals surface area contributed by atoms with Crippen LogP contribution < -0.4 is 4.90 Å². The van der Waals surface area contributed by atoms with Crippen LogP contribution >= 0.6 is 11.3 Å². The molecule has 13 rings (SSSR count). The second-order valence-electron chi connectivity index (χ2n) is 16.9. The van der Waals surface area contributed by atoms with E-state index in [1.165, 1.54) is 81.0 Å². The number of nitrogens with zero attached hydrogens (tertiary/aromatic N) is 2. The van der Waals surface area contributed by atoms with Crippen LogP contribution in [0.5, 0.6) is 0 Å². The predicted molar refractivity (Wildman–Crippen MR) is 259 cm³/mol. The van der Waals surface area contributed by atoms with Gasteiger partial charge in [-0.05, 0) is 112 Å². The van der Waals surface area contributed by atoms with Gasteiger partial charge in [0.1, 0.15) is 5.58 Å². The number of rotatable bonds is 5. The highest BCUT2D eigenvalue weighted by atomic mass is 32.1. The summed E-state index contributed by atoms with van der Waals surface area (Å²) in [6.45, 7) is 4.72. The third-order valence-corrected chi connectivity index (χ3v) is 14.3. The van der Waals surface area contributed by atoms with Gasteiger partial charge in [-0.25, -0.2) is 0 Å². The van der Waals surface area contributed by atoms with Gasteiger partial charge in [0.2, 0.25) is 0 Å². The largest absolute Gasteiger partial charge is 0.454 e. The molecule has 0 unspecified atom stereocenters. The maximum Gasteiger partial charge on any atom is 0.159 e. The summed E-state index contributed by atoms with van der Waals surface area (Å²) in [7, 11) is 0. The van der Waals surface area contributed by atoms with Crippen LogP contribution in [0.15, 0.2) is 199 Å². The van der Waals surface area contributed by atoms with Crippen molar-refractivity contribution >= 4 is 92.3 Å². The predicted octanol–water partition coefficient (Wildman–Crippen LogP) is 16.5. The van der Waals surface area contributed by atoms with E-state index in [9.17, 15) is 0 Å². The number of furan rings is 1. The van der Waals surface area contributed by atoms with Crippen LogP contribution in [0, 0.1) is 0 Å². The zero-order chi connectivity index (χ0) is 40.4. The summed E-state index contributed by atoms with van der Waals surface area (Å²) in [4.78, 5) is 2.36. The lowest BCUT2D eigenvalue weighted by Gasteiger charge is -2.26. The average Bonchev–Trinajstić information content (AvgIpc) is 4.03. The molecule has 0 fully saturated rings. The number of para-hydroxylation sites is 3. The Morgan fingerprint density at radius 3 is 2.05 bits per heavy atom. The topological polar surface area (TPSA) is 21.3 Å². The summed E-state index contributed by atoms with van der Waals surface area (Å²) in [5.74, 6) is 0. The van der Waals surface area contributed by atoms with E-state index in [4.69, 9.17) is 4.42 Å². The molecule has 0 N–H and O–H groups in total. The second-order valence-corrected chi connectivity index (χ2v) is 18.0. The van der Waals surface area contributed by atoms with Gasteiger partial charge in [0.25, 0.3) is 0 Å². The number of hydrogen-bond acceptors (Lipinski definition) is 3. The van der Waals surface area contributed by atoms with Crippen molar-refractivity contribution in [2.24, 2.45) is 0 Å². The molecule has 3 aromatic heterocycles. The molecule has 1 aliphatic rings. The average molecular weight is 799 g/mol. The van der Waals surface area contributed by atoms with Crippen molar-refractivity contribution in [3.05, 3.63) is 205 Å². The summed E-state index contributed by atoms with van der Waals surface area (Å²) in [5.41, 5.74) is 16.3. The van der Waals surface area contributed by atoms with Crippen molar-refractivity contribution in [1.29, 1.82) is 0 Å². The molecule has 3 heterocycles. The van der Waals surface area contributed by atoms with Crippen molar-refractivity contribution in [2.45, 2.75) is 19.3 Å². The maximum absolute atomic E-state index is 6.66. The van der Waals surface area contributed by atoms with E-state index in [1.54, 1.807) is 0 Å². The number of fused-ring (bicyclic) bond motifs is 12. The van der Waals surface area contributed by atoms with Gasteiger partial charge in [-0.2, -0.15) is 0 Å². The summed E-state index contributed by atoms with van der Waals surface area (Å²) >= 11 is 1.84. The lowest BCUT2D eigenvalue weighted by molar-refractivity contribution is 0.661. The summed E-state index contributed by atoms with van der Waals surface area (Å²) < 4.78 is 11.7. The van der Waals surface area contributed by atoms with E-state index >= 15 is 0 Å². The molecule has 4 heteroatoms. The van der Waals surface area contributed by atoms with Crippen LogP contribution in [0.3, 0.4) is 0 Å². The molecule has 12 aromatic rings. The minimum absolute atomic E-state index is 0.0849. The lowest BCUT2D eigenvalue weighted by Crippen LogP contribution is -2.14. The summed E-state index contributed by atoms with van der Waals surface area (Å²) in [6, 6.07) is 71.1. The summed E-state index contributed by atoms with van der Waals surface area (Å²) in [6.07, 6.45) is 0. The fraction of sp³-hybridized carbons (Fsp3) is 0.0526. The Labute approximate surface area is 357 Å². The summed E-state index contributed by atoms with van der Waals surface area (Å²) in [5, 5.41) is 7.33. The van der Waals surface area contributed by atoms with E-state index in [2.05, 4.69) is 211 Å². The Morgan fingerprint density at radius 1 is 0.459 bits per heavy atom. The van der Waals surface area contributed by atoms with E-state index in [1.807, 2.05) is 17.4 Å². The highest BCUT2D eigenvalue weighted by Crippen LogP contribution is 2.51. The Bertz CT molecular complexity index is 3740. The van der Waals surface area contributed by atoms with Gasteiger partial charge < -0.3 is 13.9 Å². The zero-order valence-electron chi connectivity index (χ0n) is 33.7. The van der Waals surface area contributed by atoms with E-state index in [0.717, 1.165) is 39.0 Å². The number of benzene rings is 9. The molecule has 0 aliphatic heterocycles. The van der Waals surface area contributed by atoms with Crippen LogP contribution in [0.25, 0.3) is 91.9 Å². The Balaban J connectivity index is 0.977. The molecule has 288 valence electrons. The number of thiophene rings is 1. The first-order valence-electron chi connectivity index (χ1n) is 21.0. The molecule has 1 aliphatic carbocycles. The van der Waals surface area contributed by atoms with E-state index < -0.39 is 0 Å².